The Bertz CT molecular complexity index is 318. The molecule has 1 atom stereocenters. The lowest BCUT2D eigenvalue weighted by Crippen LogP contribution is -2.08. The second-order valence-electron chi connectivity index (χ2n) is 4.47. The van der Waals surface area contributed by atoms with E-state index in [0.29, 0.717) is 11.7 Å². The fourth-order valence-corrected chi connectivity index (χ4v) is 1.94. The van der Waals surface area contributed by atoms with Crippen molar-refractivity contribution in [3.63, 3.8) is 0 Å². The Morgan fingerprint density at radius 3 is 2.80 bits per heavy atom. The van der Waals surface area contributed by atoms with Gasteiger partial charge in [-0.25, -0.2) is 0 Å². The number of rotatable bonds is 5. The van der Waals surface area contributed by atoms with Crippen molar-refractivity contribution >= 4 is 0 Å². The van der Waals surface area contributed by atoms with E-state index in [1.807, 2.05) is 12.1 Å². The highest BCUT2D eigenvalue weighted by Gasteiger charge is 2.28. The molecule has 0 saturated heterocycles. The van der Waals surface area contributed by atoms with Crippen molar-refractivity contribution in [3.8, 4) is 5.75 Å². The summed E-state index contributed by atoms with van der Waals surface area (Å²) in [7, 11) is 0. The summed E-state index contributed by atoms with van der Waals surface area (Å²) in [6.07, 6.45) is 5.14. The van der Waals surface area contributed by atoms with E-state index in [1.54, 1.807) is 12.1 Å². The van der Waals surface area contributed by atoms with Crippen LogP contribution in [0.5, 0.6) is 5.75 Å². The quantitative estimate of drug-likeness (QED) is 0.777. The first kappa shape index (κ1) is 10.5. The van der Waals surface area contributed by atoms with Crippen molar-refractivity contribution in [2.75, 3.05) is 0 Å². The zero-order valence-corrected chi connectivity index (χ0v) is 8.89. The first-order valence-electron chi connectivity index (χ1n) is 5.71. The Morgan fingerprint density at radius 2 is 2.13 bits per heavy atom. The highest BCUT2D eigenvalue weighted by atomic mass is 16.3. The SMILES string of the molecule is Oc1cccc(CCCC(O)C2CC2)c1. The molecule has 1 aromatic carbocycles. The molecule has 0 bridgehead atoms. The van der Waals surface area contributed by atoms with E-state index < -0.39 is 0 Å². The summed E-state index contributed by atoms with van der Waals surface area (Å²) in [6, 6.07) is 7.36. The molecule has 2 nitrogen and oxygen atoms in total. The lowest BCUT2D eigenvalue weighted by molar-refractivity contribution is 0.139. The lowest BCUT2D eigenvalue weighted by atomic mass is 10.0. The number of aryl methyl sites for hydroxylation is 1. The molecule has 1 saturated carbocycles. The number of hydrogen-bond acceptors (Lipinski definition) is 2. The van der Waals surface area contributed by atoms with Crippen LogP contribution in [0.15, 0.2) is 24.3 Å². The fraction of sp³-hybridized carbons (Fsp3) is 0.538. The monoisotopic (exact) mass is 206 g/mol. The van der Waals surface area contributed by atoms with Gasteiger partial charge in [0.1, 0.15) is 5.75 Å². The molecule has 2 heteroatoms. The normalized spacial score (nSPS) is 17.7. The summed E-state index contributed by atoms with van der Waals surface area (Å²) in [5.41, 5.74) is 1.15. The van der Waals surface area contributed by atoms with E-state index in [0.717, 1.165) is 24.8 Å². The highest BCUT2D eigenvalue weighted by molar-refractivity contribution is 5.27. The zero-order chi connectivity index (χ0) is 10.7. The molecule has 2 rings (SSSR count). The predicted molar refractivity (Wildman–Crippen MR) is 59.8 cm³/mol. The van der Waals surface area contributed by atoms with Crippen molar-refractivity contribution in [1.29, 1.82) is 0 Å². The lowest BCUT2D eigenvalue weighted by Gasteiger charge is -2.08. The molecule has 1 unspecified atom stereocenters. The molecular formula is C13H18O2. The second-order valence-corrected chi connectivity index (χ2v) is 4.47. The Morgan fingerprint density at radius 1 is 1.33 bits per heavy atom. The maximum absolute atomic E-state index is 9.67. The first-order chi connectivity index (χ1) is 7.25. The Labute approximate surface area is 90.6 Å². The van der Waals surface area contributed by atoms with Gasteiger partial charge in [0.25, 0.3) is 0 Å². The van der Waals surface area contributed by atoms with E-state index >= 15 is 0 Å². The second kappa shape index (κ2) is 4.67. The van der Waals surface area contributed by atoms with Crippen molar-refractivity contribution in [1.82, 2.24) is 0 Å². The van der Waals surface area contributed by atoms with Crippen LogP contribution < -0.4 is 0 Å². The minimum atomic E-state index is -0.0951. The molecule has 1 aromatic rings. The third-order valence-corrected chi connectivity index (χ3v) is 3.04. The molecule has 15 heavy (non-hydrogen) atoms. The number of aliphatic hydroxyl groups excluding tert-OH is 1. The Kier molecular flexibility index (Phi) is 3.27. The van der Waals surface area contributed by atoms with Crippen molar-refractivity contribution in [2.24, 2.45) is 5.92 Å². The first-order valence-corrected chi connectivity index (χ1v) is 5.71. The largest absolute Gasteiger partial charge is 0.508 e. The summed E-state index contributed by atoms with van der Waals surface area (Å²) in [6.45, 7) is 0. The van der Waals surface area contributed by atoms with Crippen molar-refractivity contribution in [3.05, 3.63) is 29.8 Å². The van der Waals surface area contributed by atoms with Crippen molar-refractivity contribution in [2.45, 2.75) is 38.2 Å². The van der Waals surface area contributed by atoms with Crippen LogP contribution in [0, 0.1) is 5.92 Å². The molecule has 0 aromatic heterocycles. The molecule has 1 aliphatic carbocycles. The Balaban J connectivity index is 1.73. The van der Waals surface area contributed by atoms with Gasteiger partial charge in [-0.2, -0.15) is 0 Å². The fourth-order valence-electron chi connectivity index (χ4n) is 1.94. The van der Waals surface area contributed by atoms with Gasteiger partial charge in [-0.05, 0) is 55.7 Å². The predicted octanol–water partition coefficient (Wildman–Crippen LogP) is 2.49. The molecule has 2 N–H and O–H groups in total. The Hall–Kier alpha value is -1.02. The number of phenols is 1. The molecule has 0 heterocycles. The average Bonchev–Trinajstić information content (AvgIpc) is 3.00. The van der Waals surface area contributed by atoms with Gasteiger partial charge in [0.05, 0.1) is 6.10 Å². The van der Waals surface area contributed by atoms with Gasteiger partial charge in [-0.1, -0.05) is 12.1 Å². The van der Waals surface area contributed by atoms with Crippen LogP contribution in [-0.2, 0) is 6.42 Å². The van der Waals surface area contributed by atoms with Gasteiger partial charge < -0.3 is 10.2 Å². The molecule has 0 aliphatic heterocycles. The molecule has 0 spiro atoms. The molecule has 0 amide bonds. The van der Waals surface area contributed by atoms with Crippen LogP contribution in [0.25, 0.3) is 0 Å². The third-order valence-electron chi connectivity index (χ3n) is 3.04. The van der Waals surface area contributed by atoms with Gasteiger partial charge in [0.2, 0.25) is 0 Å². The van der Waals surface area contributed by atoms with Crippen LogP contribution in [0.4, 0.5) is 0 Å². The summed E-state index contributed by atoms with van der Waals surface area (Å²) < 4.78 is 0. The van der Waals surface area contributed by atoms with Gasteiger partial charge >= 0.3 is 0 Å². The number of phenolic OH excluding ortho intramolecular Hbond substituents is 1. The summed E-state index contributed by atoms with van der Waals surface area (Å²) in [4.78, 5) is 0. The van der Waals surface area contributed by atoms with Gasteiger partial charge in [0, 0.05) is 0 Å². The van der Waals surface area contributed by atoms with Gasteiger partial charge in [-0.3, -0.25) is 0 Å². The smallest absolute Gasteiger partial charge is 0.115 e. The average molecular weight is 206 g/mol. The van der Waals surface area contributed by atoms with E-state index in [1.165, 1.54) is 12.8 Å². The number of aliphatic hydroxyl groups is 1. The molecule has 1 aliphatic rings. The summed E-state index contributed by atoms with van der Waals surface area (Å²) in [5.74, 6) is 0.907. The van der Waals surface area contributed by atoms with Crippen molar-refractivity contribution < 1.29 is 10.2 Å². The zero-order valence-electron chi connectivity index (χ0n) is 8.89. The van der Waals surface area contributed by atoms with Crippen LogP contribution in [0.3, 0.4) is 0 Å². The van der Waals surface area contributed by atoms with E-state index in [9.17, 15) is 10.2 Å². The minimum Gasteiger partial charge on any atom is -0.508 e. The summed E-state index contributed by atoms with van der Waals surface area (Å²) in [5, 5.41) is 18.9. The van der Waals surface area contributed by atoms with Crippen LogP contribution >= 0.6 is 0 Å². The third kappa shape index (κ3) is 3.24. The standard InChI is InChI=1S/C13H18O2/c14-12-5-1-3-10(9-12)4-2-6-13(15)11-7-8-11/h1,3,5,9,11,13-15H,2,4,6-8H2. The highest BCUT2D eigenvalue weighted by Crippen LogP contribution is 2.34. The van der Waals surface area contributed by atoms with Gasteiger partial charge in [-0.15, -0.1) is 0 Å². The van der Waals surface area contributed by atoms with Crippen LogP contribution in [-0.4, -0.2) is 16.3 Å². The summed E-state index contributed by atoms with van der Waals surface area (Å²) >= 11 is 0. The molecular weight excluding hydrogens is 188 g/mol. The maximum Gasteiger partial charge on any atom is 0.115 e. The van der Waals surface area contributed by atoms with Crippen LogP contribution in [0.2, 0.25) is 0 Å². The minimum absolute atomic E-state index is 0.0951. The molecule has 1 fully saturated rings. The number of aromatic hydroxyl groups is 1. The van der Waals surface area contributed by atoms with Crippen LogP contribution in [0.1, 0.15) is 31.2 Å². The number of benzene rings is 1. The van der Waals surface area contributed by atoms with E-state index in [-0.39, 0.29) is 6.10 Å². The van der Waals surface area contributed by atoms with E-state index in [2.05, 4.69) is 0 Å². The van der Waals surface area contributed by atoms with E-state index in [4.69, 9.17) is 0 Å². The molecule has 0 radical (unpaired) electrons. The molecule has 82 valence electrons. The van der Waals surface area contributed by atoms with Gasteiger partial charge in [0.15, 0.2) is 0 Å². The maximum atomic E-state index is 9.67. The topological polar surface area (TPSA) is 40.5 Å². The number of hydrogen-bond donors (Lipinski definition) is 2.